The van der Waals surface area contributed by atoms with E-state index < -0.39 is 19.9 Å². The first kappa shape index (κ1) is 44.0. The van der Waals surface area contributed by atoms with Gasteiger partial charge in [0.05, 0.1) is 13.2 Å². The Morgan fingerprint density at radius 1 is 0.511 bits per heavy atom. The first-order valence-electron chi connectivity index (χ1n) is 18.8. The minimum absolute atomic E-state index is 0.0746. The lowest BCUT2D eigenvalue weighted by atomic mass is 10.0. The number of hydrogen-bond acceptors (Lipinski definition) is 7. The number of unbranched alkanes of at least 4 members (excludes halogenated alkanes) is 22. The van der Waals surface area contributed by atoms with Gasteiger partial charge in [-0.05, 0) is 19.3 Å². The summed E-state index contributed by atoms with van der Waals surface area (Å²) in [6.07, 6.45) is 29.2. The number of carbonyl (C=O) groups excluding carboxylic acids is 2. The van der Waals surface area contributed by atoms with Crippen molar-refractivity contribution in [2.24, 2.45) is 0 Å². The number of esters is 2. The van der Waals surface area contributed by atoms with E-state index in [2.05, 4.69) is 13.8 Å². The lowest BCUT2D eigenvalue weighted by Crippen LogP contribution is -2.29. The Balaban J connectivity index is 4.21. The Hall–Kier alpha value is -0.950. The highest BCUT2D eigenvalue weighted by atomic mass is 31.2. The van der Waals surface area contributed by atoms with Crippen molar-refractivity contribution >= 4 is 19.8 Å². The van der Waals surface area contributed by atoms with E-state index in [1.54, 1.807) is 0 Å². The fourth-order valence-electron chi connectivity index (χ4n) is 5.26. The fourth-order valence-corrected chi connectivity index (χ4v) is 6.10. The summed E-state index contributed by atoms with van der Waals surface area (Å²) in [6.45, 7) is 5.78. The summed E-state index contributed by atoms with van der Waals surface area (Å²) in [6, 6.07) is 0. The summed E-state index contributed by atoms with van der Waals surface area (Å²) in [5.74, 6) is -0.784. The van der Waals surface area contributed by atoms with Gasteiger partial charge in [-0.3, -0.25) is 18.6 Å². The summed E-state index contributed by atoms with van der Waals surface area (Å²) in [5, 5.41) is 0. The van der Waals surface area contributed by atoms with Crippen molar-refractivity contribution in [3.63, 3.8) is 0 Å². The van der Waals surface area contributed by atoms with Crippen molar-refractivity contribution in [2.45, 2.75) is 200 Å². The molecular weight excluding hydrogens is 591 g/mol. The topological polar surface area (TPSA) is 108 Å². The molecule has 0 aliphatic carbocycles. The highest BCUT2D eigenvalue weighted by molar-refractivity contribution is 7.47. The molecule has 1 unspecified atom stereocenters. The molecule has 9 heteroatoms. The highest BCUT2D eigenvalue weighted by Gasteiger charge is 2.25. The fraction of sp³-hybridized carbons (Fsp3) is 0.944. The number of ether oxygens (including phenoxy) is 2. The normalized spacial score (nSPS) is 13.4. The van der Waals surface area contributed by atoms with Gasteiger partial charge in [0.15, 0.2) is 6.10 Å². The van der Waals surface area contributed by atoms with Crippen LogP contribution in [0.5, 0.6) is 0 Å². The number of phosphoric acid groups is 1. The number of hydrogen-bond donors (Lipinski definition) is 1. The Bertz CT molecular complexity index is 717. The molecule has 0 aliphatic rings. The van der Waals surface area contributed by atoms with Crippen LogP contribution >= 0.6 is 7.82 Å². The van der Waals surface area contributed by atoms with E-state index in [1.807, 2.05) is 6.92 Å². The zero-order chi connectivity index (χ0) is 33.3. The van der Waals surface area contributed by atoms with Crippen LogP contribution in [0.2, 0.25) is 0 Å². The van der Waals surface area contributed by atoms with Crippen LogP contribution in [0.4, 0.5) is 0 Å². The van der Waals surface area contributed by atoms with Gasteiger partial charge >= 0.3 is 19.8 Å². The lowest BCUT2D eigenvalue weighted by Gasteiger charge is -2.20. The predicted octanol–water partition coefficient (Wildman–Crippen LogP) is 11.2. The monoisotopic (exact) mass is 662 g/mol. The van der Waals surface area contributed by atoms with Crippen LogP contribution in [0.15, 0.2) is 0 Å². The Morgan fingerprint density at radius 2 is 0.889 bits per heavy atom. The lowest BCUT2D eigenvalue weighted by molar-refractivity contribution is -0.161. The van der Waals surface area contributed by atoms with E-state index in [4.69, 9.17) is 18.5 Å². The zero-order valence-electron chi connectivity index (χ0n) is 29.5. The first-order chi connectivity index (χ1) is 21.8. The summed E-state index contributed by atoms with van der Waals surface area (Å²) in [5.41, 5.74) is 0. The first-order valence-corrected chi connectivity index (χ1v) is 20.3. The Kier molecular flexibility index (Phi) is 32.3. The molecule has 0 aromatic rings. The van der Waals surface area contributed by atoms with Gasteiger partial charge in [0.2, 0.25) is 0 Å². The summed E-state index contributed by atoms with van der Waals surface area (Å²) >= 11 is 0. The third-order valence-corrected chi connectivity index (χ3v) is 9.06. The quantitative estimate of drug-likeness (QED) is 0.0406. The molecule has 0 radical (unpaired) electrons. The molecule has 0 amide bonds. The largest absolute Gasteiger partial charge is 0.472 e. The van der Waals surface area contributed by atoms with Crippen LogP contribution in [0.3, 0.4) is 0 Å². The van der Waals surface area contributed by atoms with E-state index in [9.17, 15) is 19.0 Å². The molecule has 0 bridgehead atoms. The third-order valence-electron chi connectivity index (χ3n) is 8.08. The summed E-state index contributed by atoms with van der Waals surface area (Å²) in [4.78, 5) is 34.7. The van der Waals surface area contributed by atoms with Crippen LogP contribution in [0, 0.1) is 0 Å². The molecule has 2 atom stereocenters. The Labute approximate surface area is 277 Å². The molecule has 0 saturated carbocycles. The van der Waals surface area contributed by atoms with Crippen molar-refractivity contribution in [3.8, 4) is 0 Å². The second-order valence-electron chi connectivity index (χ2n) is 12.7. The van der Waals surface area contributed by atoms with E-state index in [0.29, 0.717) is 12.8 Å². The zero-order valence-corrected chi connectivity index (χ0v) is 30.4. The number of rotatable bonds is 35. The van der Waals surface area contributed by atoms with Crippen LogP contribution < -0.4 is 0 Å². The molecule has 268 valence electrons. The van der Waals surface area contributed by atoms with Crippen molar-refractivity contribution in [1.29, 1.82) is 0 Å². The maximum atomic E-state index is 12.5. The van der Waals surface area contributed by atoms with Gasteiger partial charge in [-0.1, -0.05) is 162 Å². The molecule has 0 heterocycles. The maximum absolute atomic E-state index is 12.5. The molecule has 0 saturated heterocycles. The van der Waals surface area contributed by atoms with Gasteiger partial charge in [-0.2, -0.15) is 0 Å². The van der Waals surface area contributed by atoms with E-state index in [1.165, 1.54) is 116 Å². The third kappa shape index (κ3) is 32.8. The van der Waals surface area contributed by atoms with E-state index in [0.717, 1.165) is 38.5 Å². The Morgan fingerprint density at radius 3 is 1.29 bits per heavy atom. The molecule has 0 aromatic carbocycles. The molecule has 0 aliphatic heterocycles. The second-order valence-corrected chi connectivity index (χ2v) is 14.1. The van der Waals surface area contributed by atoms with Gasteiger partial charge < -0.3 is 14.4 Å². The second kappa shape index (κ2) is 33.0. The van der Waals surface area contributed by atoms with Crippen molar-refractivity contribution in [3.05, 3.63) is 0 Å². The smallest absolute Gasteiger partial charge is 0.462 e. The van der Waals surface area contributed by atoms with Gasteiger partial charge in [0, 0.05) is 12.8 Å². The van der Waals surface area contributed by atoms with Crippen LogP contribution in [-0.4, -0.2) is 42.8 Å². The van der Waals surface area contributed by atoms with Crippen LogP contribution in [0.25, 0.3) is 0 Å². The predicted molar refractivity (Wildman–Crippen MR) is 184 cm³/mol. The molecule has 0 fully saturated rings. The minimum Gasteiger partial charge on any atom is -0.462 e. The van der Waals surface area contributed by atoms with Gasteiger partial charge in [-0.15, -0.1) is 0 Å². The molecule has 0 aromatic heterocycles. The SMILES string of the molecule is CCCCCCCCCCCCCCC(=O)OC[C@H](COP(=O)(O)OCCC)OC(=O)CCCCCCCCCCCCCC. The minimum atomic E-state index is -4.28. The van der Waals surface area contributed by atoms with Crippen molar-refractivity contribution in [2.75, 3.05) is 19.8 Å². The van der Waals surface area contributed by atoms with Gasteiger partial charge in [0.25, 0.3) is 0 Å². The number of phosphoric ester groups is 1. The summed E-state index contributed by atoms with van der Waals surface area (Å²) in [7, 11) is -4.28. The van der Waals surface area contributed by atoms with E-state index in [-0.39, 0.29) is 32.2 Å². The highest BCUT2D eigenvalue weighted by Crippen LogP contribution is 2.43. The van der Waals surface area contributed by atoms with Gasteiger partial charge in [0.1, 0.15) is 6.61 Å². The van der Waals surface area contributed by atoms with Crippen molar-refractivity contribution < 1.29 is 37.6 Å². The standard InChI is InChI=1S/C36H71O8P/c1-4-7-9-11-13-15-17-19-21-23-25-27-29-35(37)41-32-34(33-43-45(39,40)42-31-6-3)44-36(38)30-28-26-24-22-20-18-16-14-12-10-8-5-2/h34H,4-33H2,1-3H3,(H,39,40)/t34-/m1/s1. The van der Waals surface area contributed by atoms with Crippen LogP contribution in [-0.2, 0) is 32.7 Å². The molecule has 1 N–H and O–H groups in total. The molecular formula is C36H71O8P. The average molecular weight is 663 g/mol. The number of carbonyl (C=O) groups is 2. The van der Waals surface area contributed by atoms with Gasteiger partial charge in [-0.25, -0.2) is 4.57 Å². The molecule has 45 heavy (non-hydrogen) atoms. The average Bonchev–Trinajstić information content (AvgIpc) is 3.02. The molecule has 0 rings (SSSR count). The van der Waals surface area contributed by atoms with Crippen LogP contribution in [0.1, 0.15) is 194 Å². The molecule has 0 spiro atoms. The summed E-state index contributed by atoms with van der Waals surface area (Å²) < 4.78 is 32.9. The maximum Gasteiger partial charge on any atom is 0.472 e. The van der Waals surface area contributed by atoms with E-state index >= 15 is 0 Å². The van der Waals surface area contributed by atoms with Crippen molar-refractivity contribution in [1.82, 2.24) is 0 Å². The molecule has 8 nitrogen and oxygen atoms in total.